The molecule has 0 N–H and O–H groups in total. The molecule has 0 unspecified atom stereocenters. The highest BCUT2D eigenvalue weighted by Crippen LogP contribution is 2.22. The van der Waals surface area contributed by atoms with Gasteiger partial charge in [0.05, 0.1) is 0 Å². The Bertz CT molecular complexity index is 753. The second-order valence-corrected chi connectivity index (χ2v) is 4.80. The minimum absolute atomic E-state index is 0.264. The van der Waals surface area contributed by atoms with Gasteiger partial charge in [0.15, 0.2) is 0 Å². The maximum Gasteiger partial charge on any atom is 0.247 e. The number of nitrogens with zero attached hydrogens (tertiary/aromatic N) is 2. The Hall–Kier alpha value is -2.69. The first kappa shape index (κ1) is 14.3. The number of rotatable bonds is 5. The van der Waals surface area contributed by atoms with Crippen LogP contribution in [0, 0.1) is 5.82 Å². The molecule has 0 amide bonds. The molecule has 4 nitrogen and oxygen atoms in total. The van der Waals surface area contributed by atoms with Gasteiger partial charge in [0.2, 0.25) is 11.8 Å². The average molecular weight is 298 g/mol. The third kappa shape index (κ3) is 3.31. The highest BCUT2D eigenvalue weighted by molar-refractivity contribution is 5.53. The molecule has 3 rings (SSSR count). The fourth-order valence-corrected chi connectivity index (χ4v) is 2.00. The van der Waals surface area contributed by atoms with Crippen molar-refractivity contribution in [3.8, 4) is 17.2 Å². The summed E-state index contributed by atoms with van der Waals surface area (Å²) in [5, 5.41) is 7.93. The van der Waals surface area contributed by atoms with Gasteiger partial charge < -0.3 is 9.15 Å². The van der Waals surface area contributed by atoms with E-state index >= 15 is 0 Å². The van der Waals surface area contributed by atoms with Crippen LogP contribution >= 0.6 is 0 Å². The lowest BCUT2D eigenvalue weighted by molar-refractivity contribution is 0.305. The lowest BCUT2D eigenvalue weighted by Crippen LogP contribution is -1.95. The first-order chi connectivity index (χ1) is 10.7. The van der Waals surface area contributed by atoms with Crippen LogP contribution in [-0.4, -0.2) is 10.2 Å². The van der Waals surface area contributed by atoms with E-state index in [0.717, 1.165) is 11.1 Å². The van der Waals surface area contributed by atoms with Crippen LogP contribution in [0.4, 0.5) is 4.39 Å². The number of aryl methyl sites for hydroxylation is 1. The van der Waals surface area contributed by atoms with Gasteiger partial charge in [-0.15, -0.1) is 10.2 Å². The summed E-state index contributed by atoms with van der Waals surface area (Å²) in [7, 11) is 0. The molecule has 2 aromatic carbocycles. The van der Waals surface area contributed by atoms with Crippen LogP contribution in [0.15, 0.2) is 52.9 Å². The second kappa shape index (κ2) is 6.39. The Kier molecular flexibility index (Phi) is 4.14. The van der Waals surface area contributed by atoms with Crippen molar-refractivity contribution < 1.29 is 13.5 Å². The van der Waals surface area contributed by atoms with Crippen LogP contribution in [0.5, 0.6) is 5.75 Å². The molecule has 0 aliphatic carbocycles. The molecule has 0 fully saturated rings. The lowest BCUT2D eigenvalue weighted by atomic mass is 10.2. The molecule has 1 heterocycles. The molecular weight excluding hydrogens is 283 g/mol. The zero-order valence-corrected chi connectivity index (χ0v) is 12.1. The van der Waals surface area contributed by atoms with Crippen LogP contribution in [0.1, 0.15) is 18.4 Å². The summed E-state index contributed by atoms with van der Waals surface area (Å²) in [6, 6.07) is 13.7. The van der Waals surface area contributed by atoms with Gasteiger partial charge in [0.1, 0.15) is 18.2 Å². The van der Waals surface area contributed by atoms with E-state index in [1.807, 2.05) is 37.3 Å². The van der Waals surface area contributed by atoms with Gasteiger partial charge in [-0.05, 0) is 42.0 Å². The molecule has 1 aromatic heterocycles. The van der Waals surface area contributed by atoms with Crippen molar-refractivity contribution in [1.82, 2.24) is 10.2 Å². The van der Waals surface area contributed by atoms with Gasteiger partial charge in [0, 0.05) is 12.0 Å². The van der Waals surface area contributed by atoms with Crippen molar-refractivity contribution in [2.45, 2.75) is 20.0 Å². The zero-order valence-electron chi connectivity index (χ0n) is 12.1. The Labute approximate surface area is 127 Å². The van der Waals surface area contributed by atoms with E-state index in [-0.39, 0.29) is 5.82 Å². The van der Waals surface area contributed by atoms with E-state index in [1.165, 1.54) is 12.1 Å². The van der Waals surface area contributed by atoms with Crippen LogP contribution in [0.3, 0.4) is 0 Å². The average Bonchev–Trinajstić information content (AvgIpc) is 3.03. The van der Waals surface area contributed by atoms with Crippen molar-refractivity contribution >= 4 is 0 Å². The number of benzene rings is 2. The molecule has 0 spiro atoms. The van der Waals surface area contributed by atoms with E-state index in [1.54, 1.807) is 6.07 Å². The van der Waals surface area contributed by atoms with E-state index in [2.05, 4.69) is 10.2 Å². The van der Waals surface area contributed by atoms with Gasteiger partial charge in [-0.2, -0.15) is 0 Å². The predicted octanol–water partition coefficient (Wildman–Crippen LogP) is 4.02. The molecule has 5 heteroatoms. The number of hydrogen-bond donors (Lipinski definition) is 0. The van der Waals surface area contributed by atoms with E-state index in [9.17, 15) is 4.39 Å². The van der Waals surface area contributed by atoms with Gasteiger partial charge in [-0.25, -0.2) is 4.39 Å². The summed E-state index contributed by atoms with van der Waals surface area (Å²) < 4.78 is 24.2. The third-order valence-electron chi connectivity index (χ3n) is 3.17. The molecule has 0 aliphatic heterocycles. The maximum atomic E-state index is 13.1. The standard InChI is InChI=1S/C17H15FN2O2/c1-2-16-19-20-17(22-16)13-6-8-15(9-7-13)21-11-12-4-3-5-14(18)10-12/h3-10H,2,11H2,1H3. The lowest BCUT2D eigenvalue weighted by Gasteiger charge is -2.06. The van der Waals surface area contributed by atoms with Crippen LogP contribution in [0.2, 0.25) is 0 Å². The molecular formula is C17H15FN2O2. The number of hydrogen-bond acceptors (Lipinski definition) is 4. The van der Waals surface area contributed by atoms with Crippen LogP contribution in [-0.2, 0) is 13.0 Å². The summed E-state index contributed by atoms with van der Waals surface area (Å²) in [6.45, 7) is 2.28. The summed E-state index contributed by atoms with van der Waals surface area (Å²) in [4.78, 5) is 0. The molecule has 0 saturated carbocycles. The first-order valence-electron chi connectivity index (χ1n) is 7.04. The normalized spacial score (nSPS) is 10.6. The Morgan fingerprint density at radius 2 is 1.91 bits per heavy atom. The molecule has 112 valence electrons. The summed E-state index contributed by atoms with van der Waals surface area (Å²) in [5.41, 5.74) is 1.62. The largest absolute Gasteiger partial charge is 0.489 e. The first-order valence-corrected chi connectivity index (χ1v) is 7.04. The minimum atomic E-state index is -0.264. The Morgan fingerprint density at radius 1 is 1.09 bits per heavy atom. The van der Waals surface area contributed by atoms with Crippen molar-refractivity contribution in [2.24, 2.45) is 0 Å². The van der Waals surface area contributed by atoms with Crippen LogP contribution < -0.4 is 4.74 Å². The van der Waals surface area contributed by atoms with Crippen molar-refractivity contribution in [3.05, 3.63) is 65.8 Å². The fraction of sp³-hybridized carbons (Fsp3) is 0.176. The third-order valence-corrected chi connectivity index (χ3v) is 3.17. The minimum Gasteiger partial charge on any atom is -0.489 e. The van der Waals surface area contributed by atoms with Gasteiger partial charge in [-0.3, -0.25) is 0 Å². The maximum absolute atomic E-state index is 13.1. The van der Waals surface area contributed by atoms with Crippen molar-refractivity contribution in [2.75, 3.05) is 0 Å². The molecule has 3 aromatic rings. The smallest absolute Gasteiger partial charge is 0.247 e. The summed E-state index contributed by atoms with van der Waals surface area (Å²) in [6.07, 6.45) is 0.710. The molecule has 0 atom stereocenters. The Balaban J connectivity index is 1.66. The second-order valence-electron chi connectivity index (χ2n) is 4.80. The van der Waals surface area contributed by atoms with E-state index in [4.69, 9.17) is 9.15 Å². The van der Waals surface area contributed by atoms with E-state index in [0.29, 0.717) is 30.6 Å². The van der Waals surface area contributed by atoms with Crippen molar-refractivity contribution in [3.63, 3.8) is 0 Å². The van der Waals surface area contributed by atoms with E-state index < -0.39 is 0 Å². The van der Waals surface area contributed by atoms with Gasteiger partial charge >= 0.3 is 0 Å². The van der Waals surface area contributed by atoms with Gasteiger partial charge in [0.25, 0.3) is 0 Å². The highest BCUT2D eigenvalue weighted by atomic mass is 19.1. The van der Waals surface area contributed by atoms with Crippen LogP contribution in [0.25, 0.3) is 11.5 Å². The summed E-state index contributed by atoms with van der Waals surface area (Å²) >= 11 is 0. The summed E-state index contributed by atoms with van der Waals surface area (Å²) in [5.74, 6) is 1.54. The predicted molar refractivity (Wildman–Crippen MR) is 79.8 cm³/mol. The fourth-order valence-electron chi connectivity index (χ4n) is 2.00. The molecule has 0 saturated heterocycles. The molecule has 0 bridgehead atoms. The molecule has 0 aliphatic rings. The van der Waals surface area contributed by atoms with Crippen molar-refractivity contribution in [1.29, 1.82) is 0 Å². The Morgan fingerprint density at radius 3 is 2.59 bits per heavy atom. The number of halogens is 1. The number of ether oxygens (including phenoxy) is 1. The SMILES string of the molecule is CCc1nnc(-c2ccc(OCc3cccc(F)c3)cc2)o1. The number of aromatic nitrogens is 2. The quantitative estimate of drug-likeness (QED) is 0.714. The molecule has 0 radical (unpaired) electrons. The monoisotopic (exact) mass is 298 g/mol. The highest BCUT2D eigenvalue weighted by Gasteiger charge is 2.07. The van der Waals surface area contributed by atoms with Gasteiger partial charge in [-0.1, -0.05) is 19.1 Å². The zero-order chi connectivity index (χ0) is 15.4. The molecule has 22 heavy (non-hydrogen) atoms. The topological polar surface area (TPSA) is 48.2 Å².